The van der Waals surface area contributed by atoms with E-state index in [0.717, 1.165) is 28.8 Å². The normalized spacial score (nSPS) is 11.3. The molecule has 7 heteroatoms. The summed E-state index contributed by atoms with van der Waals surface area (Å²) in [6.07, 6.45) is -5.65. The van der Waals surface area contributed by atoms with Crippen LogP contribution in [-0.2, 0) is 6.18 Å². The molecule has 0 radical (unpaired) electrons. The highest BCUT2D eigenvalue weighted by molar-refractivity contribution is 6.30. The van der Waals surface area contributed by atoms with Gasteiger partial charge >= 0.3 is 12.3 Å². The summed E-state index contributed by atoms with van der Waals surface area (Å²) in [5, 5.41) is 2.04. The zero-order chi connectivity index (χ0) is 18.1. The van der Waals surface area contributed by atoms with Crippen LogP contribution in [0.25, 0.3) is 0 Å². The SMILES string of the molecule is Cc1cc(C)c(C)c(OC(=O)Nc2ccc(Cl)cc2C(F)(F)F)c1. The van der Waals surface area contributed by atoms with Gasteiger partial charge in [-0.1, -0.05) is 17.7 Å². The number of hydrogen-bond acceptors (Lipinski definition) is 2. The smallest absolute Gasteiger partial charge is 0.410 e. The quantitative estimate of drug-likeness (QED) is 0.727. The van der Waals surface area contributed by atoms with Gasteiger partial charge in [-0.05, 0) is 61.7 Å². The molecule has 0 spiro atoms. The predicted octanol–water partition coefficient (Wildman–Crippen LogP) is 5.89. The van der Waals surface area contributed by atoms with Crippen molar-refractivity contribution in [3.05, 3.63) is 57.6 Å². The summed E-state index contributed by atoms with van der Waals surface area (Å²) >= 11 is 5.60. The molecule has 0 heterocycles. The van der Waals surface area contributed by atoms with Crippen LogP contribution < -0.4 is 10.1 Å². The molecule has 2 aromatic carbocycles. The van der Waals surface area contributed by atoms with E-state index in [4.69, 9.17) is 16.3 Å². The third kappa shape index (κ3) is 4.20. The Morgan fingerprint density at radius 1 is 1.12 bits per heavy atom. The lowest BCUT2D eigenvalue weighted by Gasteiger charge is -2.15. The predicted molar refractivity (Wildman–Crippen MR) is 86.8 cm³/mol. The van der Waals surface area contributed by atoms with Crippen LogP contribution in [-0.4, -0.2) is 6.09 Å². The molecule has 1 amide bonds. The Kier molecular flexibility index (Phi) is 5.08. The van der Waals surface area contributed by atoms with Crippen molar-refractivity contribution in [3.63, 3.8) is 0 Å². The lowest BCUT2D eigenvalue weighted by atomic mass is 10.1. The number of halogens is 4. The van der Waals surface area contributed by atoms with E-state index in [2.05, 4.69) is 5.32 Å². The van der Waals surface area contributed by atoms with Gasteiger partial charge in [0.25, 0.3) is 0 Å². The standard InChI is InChI=1S/C17H15ClF3NO2/c1-9-6-10(2)11(3)15(7-9)24-16(23)22-14-5-4-12(18)8-13(14)17(19,20)21/h4-8H,1-3H3,(H,22,23). The minimum Gasteiger partial charge on any atom is -0.410 e. The Morgan fingerprint density at radius 3 is 2.42 bits per heavy atom. The number of alkyl halides is 3. The van der Waals surface area contributed by atoms with Crippen molar-refractivity contribution >= 4 is 23.4 Å². The number of anilines is 1. The highest BCUT2D eigenvalue weighted by atomic mass is 35.5. The van der Waals surface area contributed by atoms with Crippen LogP contribution in [0.4, 0.5) is 23.7 Å². The maximum absolute atomic E-state index is 13.0. The van der Waals surface area contributed by atoms with Crippen LogP contribution >= 0.6 is 11.6 Å². The molecular formula is C17H15ClF3NO2. The Labute approximate surface area is 142 Å². The first kappa shape index (κ1) is 18.1. The number of amides is 1. The van der Waals surface area contributed by atoms with E-state index in [1.807, 2.05) is 19.9 Å². The molecule has 0 unspecified atom stereocenters. The topological polar surface area (TPSA) is 38.3 Å². The van der Waals surface area contributed by atoms with E-state index in [0.29, 0.717) is 5.75 Å². The molecule has 0 aliphatic rings. The molecule has 0 saturated heterocycles. The van der Waals surface area contributed by atoms with Crippen LogP contribution in [0.5, 0.6) is 5.75 Å². The number of benzene rings is 2. The van der Waals surface area contributed by atoms with Gasteiger partial charge in [-0.25, -0.2) is 4.79 Å². The fourth-order valence-corrected chi connectivity index (χ4v) is 2.37. The molecule has 0 aromatic heterocycles. The zero-order valence-electron chi connectivity index (χ0n) is 13.2. The minimum absolute atomic E-state index is 0.0774. The summed E-state index contributed by atoms with van der Waals surface area (Å²) in [6, 6.07) is 6.66. The second kappa shape index (κ2) is 6.73. The van der Waals surface area contributed by atoms with Gasteiger partial charge in [0, 0.05) is 5.02 Å². The van der Waals surface area contributed by atoms with Gasteiger partial charge in [0.1, 0.15) is 5.75 Å². The first-order valence-electron chi connectivity index (χ1n) is 7.01. The number of carbonyl (C=O) groups is 1. The van der Waals surface area contributed by atoms with Crippen molar-refractivity contribution in [3.8, 4) is 5.75 Å². The highest BCUT2D eigenvalue weighted by Crippen LogP contribution is 2.36. The number of nitrogens with one attached hydrogen (secondary N) is 1. The second-order valence-electron chi connectivity index (χ2n) is 5.41. The fraction of sp³-hybridized carbons (Fsp3) is 0.235. The lowest BCUT2D eigenvalue weighted by molar-refractivity contribution is -0.136. The Hall–Kier alpha value is -2.21. The number of rotatable bonds is 2. The average Bonchev–Trinajstić information content (AvgIpc) is 2.45. The van der Waals surface area contributed by atoms with Gasteiger partial charge in [0.15, 0.2) is 0 Å². The van der Waals surface area contributed by atoms with E-state index in [1.165, 1.54) is 6.07 Å². The molecule has 0 bridgehead atoms. The third-order valence-corrected chi connectivity index (χ3v) is 3.73. The molecule has 24 heavy (non-hydrogen) atoms. The van der Waals surface area contributed by atoms with Crippen LogP contribution in [0.3, 0.4) is 0 Å². The van der Waals surface area contributed by atoms with Crippen LogP contribution in [0.2, 0.25) is 5.02 Å². The van der Waals surface area contributed by atoms with Gasteiger partial charge in [0.05, 0.1) is 11.3 Å². The molecule has 0 atom stereocenters. The van der Waals surface area contributed by atoms with Gasteiger partial charge in [-0.3, -0.25) is 5.32 Å². The number of hydrogen-bond donors (Lipinski definition) is 1. The number of carbonyl (C=O) groups excluding carboxylic acids is 1. The van der Waals surface area contributed by atoms with Gasteiger partial charge in [-0.15, -0.1) is 0 Å². The second-order valence-corrected chi connectivity index (χ2v) is 5.84. The largest absolute Gasteiger partial charge is 0.418 e. The molecule has 3 nitrogen and oxygen atoms in total. The lowest BCUT2D eigenvalue weighted by Crippen LogP contribution is -2.20. The molecule has 2 rings (SSSR count). The molecule has 0 aliphatic carbocycles. The van der Waals surface area contributed by atoms with Crippen LogP contribution in [0.1, 0.15) is 22.3 Å². The van der Waals surface area contributed by atoms with E-state index in [1.54, 1.807) is 13.0 Å². The fourth-order valence-electron chi connectivity index (χ4n) is 2.20. The monoisotopic (exact) mass is 357 g/mol. The Morgan fingerprint density at radius 2 is 1.79 bits per heavy atom. The molecule has 0 saturated carbocycles. The van der Waals surface area contributed by atoms with Gasteiger partial charge in [-0.2, -0.15) is 13.2 Å². The summed E-state index contributed by atoms with van der Waals surface area (Å²) in [5.74, 6) is 0.299. The van der Waals surface area contributed by atoms with Gasteiger partial charge < -0.3 is 4.74 Å². The van der Waals surface area contributed by atoms with E-state index < -0.39 is 23.5 Å². The maximum Gasteiger partial charge on any atom is 0.418 e. The first-order valence-corrected chi connectivity index (χ1v) is 7.39. The van der Waals surface area contributed by atoms with Crippen molar-refractivity contribution in [1.29, 1.82) is 0 Å². The summed E-state index contributed by atoms with van der Waals surface area (Å²) in [5.41, 5.74) is 1.08. The first-order chi connectivity index (χ1) is 11.1. The maximum atomic E-state index is 13.0. The van der Waals surface area contributed by atoms with Gasteiger partial charge in [0.2, 0.25) is 0 Å². The number of aryl methyl sites for hydroxylation is 2. The molecular weight excluding hydrogens is 343 g/mol. The average molecular weight is 358 g/mol. The Bertz CT molecular complexity index is 788. The summed E-state index contributed by atoms with van der Waals surface area (Å²) in [4.78, 5) is 12.0. The molecule has 1 N–H and O–H groups in total. The van der Waals surface area contributed by atoms with Crippen molar-refractivity contribution in [2.45, 2.75) is 26.9 Å². The molecule has 2 aromatic rings. The highest BCUT2D eigenvalue weighted by Gasteiger charge is 2.34. The molecule has 0 fully saturated rings. The van der Waals surface area contributed by atoms with Crippen molar-refractivity contribution in [2.75, 3.05) is 5.32 Å². The van der Waals surface area contributed by atoms with Crippen molar-refractivity contribution < 1.29 is 22.7 Å². The van der Waals surface area contributed by atoms with Crippen LogP contribution in [0, 0.1) is 20.8 Å². The molecule has 128 valence electrons. The van der Waals surface area contributed by atoms with E-state index in [-0.39, 0.29) is 5.02 Å². The number of ether oxygens (including phenoxy) is 1. The minimum atomic E-state index is -4.65. The van der Waals surface area contributed by atoms with E-state index >= 15 is 0 Å². The molecule has 0 aliphatic heterocycles. The zero-order valence-corrected chi connectivity index (χ0v) is 14.0. The summed E-state index contributed by atoms with van der Waals surface area (Å²) in [6.45, 7) is 5.45. The summed E-state index contributed by atoms with van der Waals surface area (Å²) in [7, 11) is 0. The Balaban J connectivity index is 2.26. The van der Waals surface area contributed by atoms with Crippen molar-refractivity contribution in [1.82, 2.24) is 0 Å². The third-order valence-electron chi connectivity index (χ3n) is 3.49. The summed E-state index contributed by atoms with van der Waals surface area (Å²) < 4.78 is 44.2. The van der Waals surface area contributed by atoms with Crippen LogP contribution in [0.15, 0.2) is 30.3 Å². The van der Waals surface area contributed by atoms with Crippen molar-refractivity contribution in [2.24, 2.45) is 0 Å². The van der Waals surface area contributed by atoms with E-state index in [9.17, 15) is 18.0 Å².